The summed E-state index contributed by atoms with van der Waals surface area (Å²) in [6.45, 7) is 3.85. The molecule has 1 saturated carbocycles. The third kappa shape index (κ3) is 2.31. The molecule has 0 bridgehead atoms. The van der Waals surface area contributed by atoms with E-state index < -0.39 is 13.9 Å². The number of hydrogen-bond acceptors (Lipinski definition) is 2. The summed E-state index contributed by atoms with van der Waals surface area (Å²) in [7, 11) is -2.62. The topological polar surface area (TPSA) is 29.5 Å². The molecule has 1 fully saturated rings. The van der Waals surface area contributed by atoms with E-state index in [1.54, 1.807) is 0 Å². The van der Waals surface area contributed by atoms with Gasteiger partial charge in [-0.25, -0.2) is 0 Å². The molecule has 124 valence electrons. The van der Waals surface area contributed by atoms with Crippen molar-refractivity contribution in [3.8, 4) is 0 Å². The summed E-state index contributed by atoms with van der Waals surface area (Å²) < 4.78 is 6.89. The second kappa shape index (κ2) is 5.69. The fraction of sp³-hybridized carbons (Fsp3) is 0.333. The molecule has 24 heavy (non-hydrogen) atoms. The van der Waals surface area contributed by atoms with Gasteiger partial charge in [0, 0.05) is 0 Å². The summed E-state index contributed by atoms with van der Waals surface area (Å²) >= 11 is 0. The quantitative estimate of drug-likeness (QED) is 0.873. The molecule has 0 radical (unpaired) electrons. The van der Waals surface area contributed by atoms with Crippen molar-refractivity contribution >= 4 is 18.7 Å². The zero-order valence-electron chi connectivity index (χ0n) is 14.3. The molecule has 2 aliphatic rings. The van der Waals surface area contributed by atoms with E-state index in [4.69, 9.17) is 4.43 Å². The van der Waals surface area contributed by atoms with Crippen LogP contribution >= 0.6 is 0 Å². The normalized spacial score (nSPS) is 22.7. The summed E-state index contributed by atoms with van der Waals surface area (Å²) in [5, 5.41) is 14.8. The average molecular weight is 337 g/mol. The summed E-state index contributed by atoms with van der Waals surface area (Å²) in [4.78, 5) is 0. The Morgan fingerprint density at radius 2 is 1.50 bits per heavy atom. The van der Waals surface area contributed by atoms with Gasteiger partial charge in [0.15, 0.2) is 0 Å². The molecule has 1 N–H and O–H groups in total. The number of benzene rings is 2. The van der Waals surface area contributed by atoms with E-state index in [0.717, 1.165) is 19.3 Å². The smallest absolute Gasteiger partial charge is 0.287 e. The molecule has 3 heteroatoms. The van der Waals surface area contributed by atoms with Crippen molar-refractivity contribution in [1.82, 2.24) is 0 Å². The van der Waals surface area contributed by atoms with Crippen molar-refractivity contribution in [2.45, 2.75) is 44.8 Å². The fourth-order valence-corrected chi connectivity index (χ4v) is 9.40. The van der Waals surface area contributed by atoms with Crippen LogP contribution in [-0.2, 0) is 4.43 Å². The van der Waals surface area contributed by atoms with E-state index >= 15 is 0 Å². The van der Waals surface area contributed by atoms with Gasteiger partial charge in [-0.1, -0.05) is 60.7 Å². The van der Waals surface area contributed by atoms with Gasteiger partial charge in [0.2, 0.25) is 0 Å². The summed E-state index contributed by atoms with van der Waals surface area (Å²) in [6, 6.07) is 21.1. The number of aliphatic hydroxyl groups is 1. The number of hydrogen-bond donors (Lipinski definition) is 1. The first-order chi connectivity index (χ1) is 11.5. The zero-order valence-corrected chi connectivity index (χ0v) is 15.3. The highest BCUT2D eigenvalue weighted by molar-refractivity contribution is 7.03. The molecular weight excluding hydrogens is 312 g/mol. The first-order valence-electron chi connectivity index (χ1n) is 8.79. The first kappa shape index (κ1) is 15.8. The maximum absolute atomic E-state index is 11.1. The van der Waals surface area contributed by atoms with Crippen LogP contribution in [0.3, 0.4) is 0 Å². The Hall–Kier alpha value is -1.68. The monoisotopic (exact) mass is 336 g/mol. The minimum Gasteiger partial charge on any atom is -0.397 e. The van der Waals surface area contributed by atoms with Gasteiger partial charge in [-0.2, -0.15) is 0 Å². The van der Waals surface area contributed by atoms with E-state index in [-0.39, 0.29) is 6.10 Å². The minimum absolute atomic E-state index is 0.179. The van der Waals surface area contributed by atoms with E-state index in [0.29, 0.717) is 0 Å². The van der Waals surface area contributed by atoms with Crippen LogP contribution in [0.4, 0.5) is 0 Å². The molecule has 2 nitrogen and oxygen atoms in total. The average Bonchev–Trinajstić information content (AvgIpc) is 3.14. The van der Waals surface area contributed by atoms with Gasteiger partial charge >= 0.3 is 0 Å². The van der Waals surface area contributed by atoms with Gasteiger partial charge in [0.25, 0.3) is 8.32 Å². The van der Waals surface area contributed by atoms with Crippen LogP contribution < -0.4 is 10.4 Å². The summed E-state index contributed by atoms with van der Waals surface area (Å²) in [5.41, 5.74) is 0.494. The van der Waals surface area contributed by atoms with Crippen molar-refractivity contribution in [2.75, 3.05) is 0 Å². The molecule has 0 saturated heterocycles. The lowest BCUT2D eigenvalue weighted by atomic mass is 10.0. The summed E-state index contributed by atoms with van der Waals surface area (Å²) in [5.74, 6) is 0. The highest BCUT2D eigenvalue weighted by atomic mass is 28.4. The Morgan fingerprint density at radius 3 is 2.00 bits per heavy atom. The standard InChI is InChI=1S/C21H24O2Si/c1-21(2,22)20-18-14-9-15-19(18)23-24(20,16-10-5-3-6-11-16)17-12-7-4-8-13-17/h3-8,10-13,19,22H,9,14-15H2,1-2H3. The second-order valence-electron chi connectivity index (χ2n) is 7.37. The zero-order chi connectivity index (χ0) is 16.8. The first-order valence-corrected chi connectivity index (χ1v) is 10.7. The highest BCUT2D eigenvalue weighted by Crippen LogP contribution is 2.45. The van der Waals surface area contributed by atoms with Gasteiger partial charge < -0.3 is 9.53 Å². The molecule has 1 aliphatic carbocycles. The van der Waals surface area contributed by atoms with E-state index in [2.05, 4.69) is 48.5 Å². The molecular formula is C21H24O2Si. The molecule has 4 rings (SSSR count). The Labute approximate surface area is 144 Å². The molecule has 2 aromatic rings. The van der Waals surface area contributed by atoms with Gasteiger partial charge in [0.1, 0.15) is 0 Å². The maximum Gasteiger partial charge on any atom is 0.287 e. The fourth-order valence-electron chi connectivity index (χ4n) is 4.49. The molecule has 0 amide bonds. The molecule has 2 aromatic carbocycles. The lowest BCUT2D eigenvalue weighted by molar-refractivity contribution is 0.125. The van der Waals surface area contributed by atoms with Crippen LogP contribution in [0, 0.1) is 0 Å². The van der Waals surface area contributed by atoms with Gasteiger partial charge in [-0.15, -0.1) is 0 Å². The van der Waals surface area contributed by atoms with Crippen LogP contribution in [0.2, 0.25) is 0 Å². The van der Waals surface area contributed by atoms with Gasteiger partial charge in [-0.05, 0) is 54.3 Å². The predicted octanol–water partition coefficient (Wildman–Crippen LogP) is 2.94. The lowest BCUT2D eigenvalue weighted by Gasteiger charge is -2.36. The predicted molar refractivity (Wildman–Crippen MR) is 100.0 cm³/mol. The SMILES string of the molecule is CC(C)(O)C1=C2CCCC2O[Si]1(c1ccccc1)c1ccccc1. The Bertz CT molecular complexity index is 720. The van der Waals surface area contributed by atoms with Crippen LogP contribution in [-0.4, -0.2) is 25.1 Å². The lowest BCUT2D eigenvalue weighted by Crippen LogP contribution is -2.64. The van der Waals surface area contributed by atoms with Crippen molar-refractivity contribution < 1.29 is 9.53 Å². The van der Waals surface area contributed by atoms with Crippen LogP contribution in [0.5, 0.6) is 0 Å². The highest BCUT2D eigenvalue weighted by Gasteiger charge is 2.57. The second-order valence-corrected chi connectivity index (χ2v) is 10.6. The van der Waals surface area contributed by atoms with E-state index in [1.165, 1.54) is 21.1 Å². The number of rotatable bonds is 3. The Morgan fingerprint density at radius 1 is 0.958 bits per heavy atom. The Balaban J connectivity index is 2.03. The Kier molecular flexibility index (Phi) is 3.75. The molecule has 0 aromatic heterocycles. The largest absolute Gasteiger partial charge is 0.397 e. The van der Waals surface area contributed by atoms with Crippen LogP contribution in [0.15, 0.2) is 71.4 Å². The maximum atomic E-state index is 11.1. The van der Waals surface area contributed by atoms with E-state index in [1.807, 2.05) is 26.0 Å². The van der Waals surface area contributed by atoms with Gasteiger partial charge in [0.05, 0.1) is 11.7 Å². The molecule has 1 unspecified atom stereocenters. The molecule has 0 spiro atoms. The molecule has 1 heterocycles. The molecule has 1 atom stereocenters. The third-order valence-corrected chi connectivity index (χ3v) is 9.83. The van der Waals surface area contributed by atoms with Crippen molar-refractivity contribution in [3.63, 3.8) is 0 Å². The minimum atomic E-state index is -2.62. The van der Waals surface area contributed by atoms with E-state index in [9.17, 15) is 5.11 Å². The van der Waals surface area contributed by atoms with Crippen molar-refractivity contribution in [3.05, 3.63) is 71.4 Å². The van der Waals surface area contributed by atoms with Crippen LogP contribution in [0.1, 0.15) is 33.1 Å². The van der Waals surface area contributed by atoms with Crippen LogP contribution in [0.25, 0.3) is 0 Å². The number of fused-ring (bicyclic) bond motifs is 1. The van der Waals surface area contributed by atoms with Crippen molar-refractivity contribution in [2.24, 2.45) is 0 Å². The van der Waals surface area contributed by atoms with Crippen molar-refractivity contribution in [1.29, 1.82) is 0 Å². The summed E-state index contributed by atoms with van der Waals surface area (Å²) in [6.07, 6.45) is 3.47. The third-order valence-electron chi connectivity index (χ3n) is 5.27. The molecule has 1 aliphatic heterocycles. The van der Waals surface area contributed by atoms with Gasteiger partial charge in [-0.3, -0.25) is 0 Å².